The van der Waals surface area contributed by atoms with Gasteiger partial charge in [0.15, 0.2) is 17.3 Å². The van der Waals surface area contributed by atoms with E-state index in [-0.39, 0.29) is 24.4 Å². The summed E-state index contributed by atoms with van der Waals surface area (Å²) in [6.07, 6.45) is 7.94. The number of nitrogens with zero attached hydrogens (tertiary/aromatic N) is 7. The maximum Gasteiger partial charge on any atom is 0.246 e. The number of anilines is 1. The average molecular weight is 534 g/mol. The van der Waals surface area contributed by atoms with Gasteiger partial charge in [0.1, 0.15) is 11.3 Å². The van der Waals surface area contributed by atoms with Crippen molar-refractivity contribution in [3.8, 4) is 22.9 Å². The van der Waals surface area contributed by atoms with Crippen LogP contribution in [0.15, 0.2) is 79.8 Å². The van der Waals surface area contributed by atoms with Crippen molar-refractivity contribution in [2.24, 2.45) is 0 Å². The van der Waals surface area contributed by atoms with Crippen molar-refractivity contribution < 1.29 is 9.59 Å². The topological polar surface area (TPSA) is 137 Å². The van der Waals surface area contributed by atoms with E-state index >= 15 is 0 Å². The lowest BCUT2D eigenvalue weighted by Crippen LogP contribution is -2.38. The minimum Gasteiger partial charge on any atom is -0.383 e. The van der Waals surface area contributed by atoms with Gasteiger partial charge >= 0.3 is 0 Å². The Balaban J connectivity index is 1.39. The van der Waals surface area contributed by atoms with E-state index in [2.05, 4.69) is 28.0 Å². The molecule has 1 aliphatic rings. The molecule has 6 rings (SSSR count). The minimum absolute atomic E-state index is 0.0318. The first-order valence-electron chi connectivity index (χ1n) is 12.8. The van der Waals surface area contributed by atoms with Gasteiger partial charge in [0, 0.05) is 31.3 Å². The van der Waals surface area contributed by atoms with Gasteiger partial charge in [-0.25, -0.2) is 19.6 Å². The third-order valence-corrected chi connectivity index (χ3v) is 7.04. The van der Waals surface area contributed by atoms with Gasteiger partial charge in [0.05, 0.1) is 18.2 Å². The lowest BCUT2D eigenvalue weighted by atomic mass is 10.1. The molecule has 0 aliphatic heterocycles. The van der Waals surface area contributed by atoms with Crippen LogP contribution in [0.25, 0.3) is 34.1 Å². The van der Waals surface area contributed by atoms with Gasteiger partial charge in [-0.2, -0.15) is 5.10 Å². The molecule has 1 aliphatic carbocycles. The van der Waals surface area contributed by atoms with Crippen molar-refractivity contribution in [3.63, 3.8) is 0 Å². The molecule has 1 atom stereocenters. The largest absolute Gasteiger partial charge is 0.383 e. The predicted molar refractivity (Wildman–Crippen MR) is 151 cm³/mol. The van der Waals surface area contributed by atoms with Crippen LogP contribution in [0.5, 0.6) is 0 Å². The Morgan fingerprint density at radius 3 is 2.83 bits per heavy atom. The second-order valence-corrected chi connectivity index (χ2v) is 9.61. The lowest BCUT2D eigenvalue weighted by molar-refractivity contribution is -0.131. The molecule has 0 radical (unpaired) electrons. The second-order valence-electron chi connectivity index (χ2n) is 9.61. The van der Waals surface area contributed by atoms with Crippen LogP contribution in [0.3, 0.4) is 0 Å². The first-order chi connectivity index (χ1) is 19.4. The molecule has 0 bridgehead atoms. The van der Waals surface area contributed by atoms with Crippen LogP contribution in [0.4, 0.5) is 5.82 Å². The quantitative estimate of drug-likeness (QED) is 0.307. The number of nitrogens with one attached hydrogen (secondary N) is 1. The fourth-order valence-corrected chi connectivity index (χ4v) is 5.09. The normalized spacial score (nSPS) is 14.2. The fraction of sp³-hybridized carbons (Fsp3) is 0.172. The summed E-state index contributed by atoms with van der Waals surface area (Å²) in [5.74, 6) is 1.14. The summed E-state index contributed by atoms with van der Waals surface area (Å²) in [6, 6.07) is 15.3. The number of carbonyl (C=O) groups is 2. The van der Waals surface area contributed by atoms with Crippen LogP contribution in [0.1, 0.15) is 23.6 Å². The van der Waals surface area contributed by atoms with Crippen molar-refractivity contribution in [1.82, 2.24) is 39.5 Å². The Labute approximate surface area is 230 Å². The van der Waals surface area contributed by atoms with E-state index in [0.717, 1.165) is 29.7 Å². The molecule has 0 saturated carbocycles. The monoisotopic (exact) mass is 533 g/mol. The molecule has 11 heteroatoms. The molecule has 200 valence electrons. The molecule has 5 aromatic rings. The van der Waals surface area contributed by atoms with Crippen molar-refractivity contribution in [2.75, 3.05) is 19.3 Å². The Bertz CT molecular complexity index is 1760. The number of aromatic nitrogens is 6. The molecule has 0 saturated heterocycles. The summed E-state index contributed by atoms with van der Waals surface area (Å²) in [4.78, 5) is 39.8. The number of rotatable bonds is 7. The number of pyridine rings is 2. The standard InChI is InChI=1S/C29H27N9O2/c1-3-26(40)36(2)17-25(39)33-22-10-7-18-16-19(8-9-20(18)22)38-28(21-6-4-13-31-27(21)30)34-23-11-12-24(35-29(23)38)37-15-5-14-32-37/h3-6,8-9,11-16,22H,1,7,10,17H2,2H3,(H2,30,31)(H,33,39). The van der Waals surface area contributed by atoms with Gasteiger partial charge in [-0.1, -0.05) is 12.6 Å². The Morgan fingerprint density at radius 1 is 1.18 bits per heavy atom. The molecule has 40 heavy (non-hydrogen) atoms. The molecule has 1 unspecified atom stereocenters. The Kier molecular flexibility index (Phi) is 6.31. The fourth-order valence-electron chi connectivity index (χ4n) is 5.09. The van der Waals surface area contributed by atoms with Crippen molar-refractivity contribution in [2.45, 2.75) is 18.9 Å². The van der Waals surface area contributed by atoms with Crippen molar-refractivity contribution >= 4 is 28.8 Å². The first kappa shape index (κ1) is 25.0. The lowest BCUT2D eigenvalue weighted by Gasteiger charge is -2.19. The number of hydrogen-bond donors (Lipinski definition) is 2. The van der Waals surface area contributed by atoms with Gasteiger partial charge in [0.25, 0.3) is 0 Å². The number of fused-ring (bicyclic) bond motifs is 2. The predicted octanol–water partition coefficient (Wildman–Crippen LogP) is 3.00. The number of benzene rings is 1. The molecule has 0 spiro atoms. The van der Waals surface area contributed by atoms with Gasteiger partial charge in [-0.15, -0.1) is 0 Å². The summed E-state index contributed by atoms with van der Waals surface area (Å²) in [5, 5.41) is 7.38. The number of likely N-dealkylation sites (N-methyl/N-ethyl adjacent to an activating group) is 1. The second kappa shape index (κ2) is 10.1. The molecule has 1 aromatic carbocycles. The van der Waals surface area contributed by atoms with Crippen LogP contribution in [-0.2, 0) is 16.0 Å². The third-order valence-electron chi connectivity index (χ3n) is 7.04. The zero-order chi connectivity index (χ0) is 27.8. The van der Waals surface area contributed by atoms with Crippen molar-refractivity contribution in [3.05, 3.63) is 90.9 Å². The van der Waals surface area contributed by atoms with Gasteiger partial charge in [-0.05, 0) is 72.5 Å². The number of nitrogens with two attached hydrogens (primary N) is 1. The van der Waals surface area contributed by atoms with E-state index < -0.39 is 0 Å². The summed E-state index contributed by atoms with van der Waals surface area (Å²) >= 11 is 0. The number of amides is 2. The Morgan fingerprint density at radius 2 is 2.05 bits per heavy atom. The number of aryl methyl sites for hydroxylation is 1. The van der Waals surface area contributed by atoms with Gasteiger partial charge in [-0.3, -0.25) is 14.2 Å². The smallest absolute Gasteiger partial charge is 0.246 e. The maximum absolute atomic E-state index is 12.6. The SMILES string of the molecule is C=CC(=O)N(C)CC(=O)NC1CCc2cc(-n3c(-c4cccnc4N)nc4ccc(-n5cccn5)nc43)ccc21. The first-order valence-corrected chi connectivity index (χ1v) is 12.8. The van der Waals surface area contributed by atoms with E-state index in [4.69, 9.17) is 15.7 Å². The Hall–Kier alpha value is -5.32. The van der Waals surface area contributed by atoms with Gasteiger partial charge < -0.3 is 16.0 Å². The van der Waals surface area contributed by atoms with Crippen LogP contribution in [0.2, 0.25) is 0 Å². The third kappa shape index (κ3) is 4.47. The van der Waals surface area contributed by atoms with Crippen LogP contribution in [-0.4, -0.2) is 59.6 Å². The highest BCUT2D eigenvalue weighted by Crippen LogP contribution is 2.36. The number of carbonyl (C=O) groups excluding carboxylic acids is 2. The summed E-state index contributed by atoms with van der Waals surface area (Å²) in [7, 11) is 1.58. The van der Waals surface area contributed by atoms with Gasteiger partial charge in [0.2, 0.25) is 11.8 Å². The summed E-state index contributed by atoms with van der Waals surface area (Å²) in [5.41, 5.74) is 11.4. The van der Waals surface area contributed by atoms with Crippen LogP contribution >= 0.6 is 0 Å². The molecule has 4 heterocycles. The van der Waals surface area contributed by atoms with E-state index in [0.29, 0.717) is 34.2 Å². The van der Waals surface area contributed by atoms with Crippen LogP contribution < -0.4 is 11.1 Å². The van der Waals surface area contributed by atoms with Crippen molar-refractivity contribution in [1.29, 1.82) is 0 Å². The molecule has 0 fully saturated rings. The minimum atomic E-state index is -0.298. The average Bonchev–Trinajstić information content (AvgIpc) is 3.71. The number of hydrogen-bond acceptors (Lipinski definition) is 7. The highest BCUT2D eigenvalue weighted by atomic mass is 16.2. The summed E-state index contributed by atoms with van der Waals surface area (Å²) in [6.45, 7) is 3.44. The highest BCUT2D eigenvalue weighted by Gasteiger charge is 2.26. The molecular weight excluding hydrogens is 506 g/mol. The molecule has 2 amide bonds. The van der Waals surface area contributed by atoms with E-state index in [1.54, 1.807) is 24.1 Å². The van der Waals surface area contributed by atoms with E-state index in [1.807, 2.05) is 53.2 Å². The van der Waals surface area contributed by atoms with E-state index in [1.165, 1.54) is 11.0 Å². The zero-order valence-electron chi connectivity index (χ0n) is 21.9. The zero-order valence-corrected chi connectivity index (χ0v) is 21.9. The molecular formula is C29H27N9O2. The highest BCUT2D eigenvalue weighted by molar-refractivity contribution is 5.90. The van der Waals surface area contributed by atoms with E-state index in [9.17, 15) is 9.59 Å². The molecule has 4 aromatic heterocycles. The number of nitrogen functional groups attached to an aromatic ring is 1. The van der Waals surface area contributed by atoms with Crippen LogP contribution in [0, 0.1) is 0 Å². The maximum atomic E-state index is 12.6. The molecule has 3 N–H and O–H groups in total. The number of imidazole rings is 1. The summed E-state index contributed by atoms with van der Waals surface area (Å²) < 4.78 is 3.68. The molecule has 11 nitrogen and oxygen atoms in total.